The first kappa shape index (κ1) is 33.3. The molecule has 0 atom stereocenters. The molecule has 1 aromatic heterocycles. The van der Waals surface area contributed by atoms with Gasteiger partial charge in [-0.25, -0.2) is 4.39 Å². The Hall–Kier alpha value is -4.07. The Balaban J connectivity index is 0.000000775. The minimum absolute atomic E-state index is 0.0928. The van der Waals surface area contributed by atoms with Crippen molar-refractivity contribution in [3.05, 3.63) is 105 Å². The highest BCUT2D eigenvalue weighted by Gasteiger charge is 2.24. The number of pyridine rings is 1. The fourth-order valence-corrected chi connectivity index (χ4v) is 6.42. The second kappa shape index (κ2) is 13.7. The maximum atomic E-state index is 14.7. The van der Waals surface area contributed by atoms with E-state index < -0.39 is 11.6 Å². The topological polar surface area (TPSA) is 82.9 Å². The molecule has 3 heterocycles. The molecule has 3 aromatic carbocycles. The Morgan fingerprint density at radius 1 is 0.935 bits per heavy atom. The third kappa shape index (κ3) is 7.83. The Morgan fingerprint density at radius 3 is 2.37 bits per heavy atom. The average molecular weight is 625 g/mol. The molecule has 0 fully saturated rings. The van der Waals surface area contributed by atoms with E-state index in [0.717, 1.165) is 95.0 Å². The number of benzene rings is 3. The van der Waals surface area contributed by atoms with E-state index in [1.165, 1.54) is 11.1 Å². The summed E-state index contributed by atoms with van der Waals surface area (Å²) < 4.78 is 20.5. The van der Waals surface area contributed by atoms with Crippen molar-refractivity contribution in [2.75, 3.05) is 13.2 Å². The second-order valence-electron chi connectivity index (χ2n) is 13.5. The highest BCUT2D eigenvalue weighted by atomic mass is 19.1. The first-order valence-electron chi connectivity index (χ1n) is 16.1. The van der Waals surface area contributed by atoms with Gasteiger partial charge in [-0.05, 0) is 117 Å². The molecule has 4 aromatic rings. The third-order valence-corrected chi connectivity index (χ3v) is 8.46. The van der Waals surface area contributed by atoms with Crippen LogP contribution in [-0.2, 0) is 37.1 Å². The maximum absolute atomic E-state index is 14.7. The van der Waals surface area contributed by atoms with Crippen molar-refractivity contribution in [2.24, 2.45) is 0 Å². The molecular formula is C39H45FN2O4. The zero-order chi connectivity index (χ0) is 33.2. The van der Waals surface area contributed by atoms with Gasteiger partial charge < -0.3 is 14.9 Å². The first-order chi connectivity index (χ1) is 21.8. The summed E-state index contributed by atoms with van der Waals surface area (Å²) in [4.78, 5) is 19.1. The number of fused-ring (bicyclic) bond motifs is 2. The van der Waals surface area contributed by atoms with Gasteiger partial charge in [-0.1, -0.05) is 42.5 Å². The molecule has 7 heteroatoms. The van der Waals surface area contributed by atoms with Gasteiger partial charge in [0.25, 0.3) is 0 Å². The summed E-state index contributed by atoms with van der Waals surface area (Å²) in [6, 6.07) is 18.4. The second-order valence-corrected chi connectivity index (χ2v) is 13.5. The molecule has 0 amide bonds. The predicted octanol–water partition coefficient (Wildman–Crippen LogP) is 7.77. The van der Waals surface area contributed by atoms with Crippen molar-refractivity contribution in [1.29, 1.82) is 0 Å². The lowest BCUT2D eigenvalue weighted by Gasteiger charge is -2.30. The summed E-state index contributed by atoms with van der Waals surface area (Å²) in [5.74, 6) is -0.0787. The molecule has 0 saturated carbocycles. The molecule has 0 unspecified atom stereocenters. The van der Waals surface area contributed by atoms with Crippen molar-refractivity contribution in [1.82, 2.24) is 9.88 Å². The van der Waals surface area contributed by atoms with Crippen LogP contribution >= 0.6 is 0 Å². The van der Waals surface area contributed by atoms with Crippen molar-refractivity contribution < 1.29 is 24.1 Å². The summed E-state index contributed by atoms with van der Waals surface area (Å²) in [5, 5.41) is 18.4. The van der Waals surface area contributed by atoms with Gasteiger partial charge in [-0.3, -0.25) is 14.7 Å². The van der Waals surface area contributed by atoms with Crippen molar-refractivity contribution in [3.8, 4) is 28.0 Å². The summed E-state index contributed by atoms with van der Waals surface area (Å²) in [7, 11) is 0. The molecule has 2 N–H and O–H groups in total. The lowest BCUT2D eigenvalue weighted by atomic mass is 9.85. The largest absolute Gasteiger partial charge is 0.493 e. The minimum atomic E-state index is -0.872. The molecule has 0 saturated heterocycles. The molecule has 242 valence electrons. The molecular weight excluding hydrogens is 579 g/mol. The van der Waals surface area contributed by atoms with Crippen LogP contribution in [0.1, 0.15) is 72.0 Å². The monoisotopic (exact) mass is 624 g/mol. The summed E-state index contributed by atoms with van der Waals surface area (Å²) in [6.45, 7) is 13.9. The van der Waals surface area contributed by atoms with Crippen LogP contribution in [0, 0.1) is 26.6 Å². The number of aliphatic hydroxyl groups is 1. The molecule has 6 nitrogen and oxygen atoms in total. The summed E-state index contributed by atoms with van der Waals surface area (Å²) in [5.41, 5.74) is 10.9. The quantitative estimate of drug-likeness (QED) is 0.228. The van der Waals surface area contributed by atoms with Gasteiger partial charge in [0.1, 0.15) is 11.6 Å². The minimum Gasteiger partial charge on any atom is -0.493 e. The number of aliphatic carboxylic acids is 1. The molecule has 46 heavy (non-hydrogen) atoms. The number of aromatic nitrogens is 1. The van der Waals surface area contributed by atoms with Crippen LogP contribution in [0.25, 0.3) is 22.3 Å². The lowest BCUT2D eigenvalue weighted by Crippen LogP contribution is -2.30. The van der Waals surface area contributed by atoms with Crippen molar-refractivity contribution in [3.63, 3.8) is 0 Å². The molecule has 0 radical (unpaired) electrons. The lowest BCUT2D eigenvalue weighted by molar-refractivity contribution is -0.136. The first-order valence-corrected chi connectivity index (χ1v) is 16.1. The van der Waals surface area contributed by atoms with Gasteiger partial charge in [0.05, 0.1) is 18.6 Å². The number of carboxylic acid groups (broad SMARTS) is 1. The molecule has 0 spiro atoms. The van der Waals surface area contributed by atoms with Crippen LogP contribution in [-0.4, -0.2) is 44.8 Å². The van der Waals surface area contributed by atoms with Gasteiger partial charge in [0.15, 0.2) is 0 Å². The highest BCUT2D eigenvalue weighted by Crippen LogP contribution is 2.41. The zero-order valence-electron chi connectivity index (χ0n) is 27.8. The maximum Gasteiger partial charge on any atom is 0.307 e. The van der Waals surface area contributed by atoms with Crippen LogP contribution in [0.2, 0.25) is 0 Å². The Kier molecular flexibility index (Phi) is 9.94. The van der Waals surface area contributed by atoms with Crippen LogP contribution in [0.5, 0.6) is 5.75 Å². The van der Waals surface area contributed by atoms with E-state index in [4.69, 9.17) is 14.8 Å². The number of hydrogen-bond donors (Lipinski definition) is 2. The molecule has 6 rings (SSSR count). The summed E-state index contributed by atoms with van der Waals surface area (Å²) >= 11 is 0. The average Bonchev–Trinajstić information content (AvgIpc) is 2.99. The number of ether oxygens (including phenoxy) is 1. The number of carboxylic acids is 1. The van der Waals surface area contributed by atoms with Gasteiger partial charge in [0.2, 0.25) is 0 Å². The van der Waals surface area contributed by atoms with Gasteiger partial charge >= 0.3 is 5.97 Å². The van der Waals surface area contributed by atoms with Crippen molar-refractivity contribution in [2.45, 2.75) is 85.9 Å². The molecule has 2 aliphatic rings. The smallest absolute Gasteiger partial charge is 0.307 e. The third-order valence-electron chi connectivity index (χ3n) is 8.46. The van der Waals surface area contributed by atoms with Crippen molar-refractivity contribution >= 4 is 5.97 Å². The van der Waals surface area contributed by atoms with Crippen LogP contribution < -0.4 is 4.74 Å². The van der Waals surface area contributed by atoms with Crippen LogP contribution in [0.3, 0.4) is 0 Å². The van der Waals surface area contributed by atoms with E-state index >= 15 is 0 Å². The van der Waals surface area contributed by atoms with E-state index in [9.17, 15) is 14.3 Å². The highest BCUT2D eigenvalue weighted by molar-refractivity contribution is 5.90. The fourth-order valence-electron chi connectivity index (χ4n) is 6.42. The number of rotatable bonds is 6. The fraction of sp³-hybridized carbons (Fsp3) is 0.385. The standard InChI is InChI=1S/C35H35FN2O3.C4H10O/c1-21-6-4-7-29(35(21)36)20-38-14-13-24-16-26(9-10-28(24)19-38)33-23(3)37-22(2)30(18-32(39)40)34(33)27-11-12-31-25(17-27)8-5-15-41-31;1-4(2,3)5/h4,6-7,9-12,16-17H,5,8,13-15,18-20H2,1-3H3,(H,39,40);5H,1-3H3. The Bertz CT molecular complexity index is 1750. The van der Waals surface area contributed by atoms with E-state index in [0.29, 0.717) is 12.1 Å². The molecule has 0 bridgehead atoms. The van der Waals surface area contributed by atoms with Gasteiger partial charge in [-0.15, -0.1) is 0 Å². The molecule has 2 aliphatic heterocycles. The van der Waals surface area contributed by atoms with E-state index in [1.807, 2.05) is 51.1 Å². The SMILES string of the molecule is CC(C)(C)O.Cc1cccc(CN2CCc3cc(-c4c(C)nc(C)c(CC(=O)O)c4-c4ccc5c(c4)CCCO5)ccc3C2)c1F. The van der Waals surface area contributed by atoms with Gasteiger partial charge in [-0.2, -0.15) is 0 Å². The van der Waals surface area contributed by atoms with E-state index in [1.54, 1.807) is 20.8 Å². The normalized spacial score (nSPS) is 14.4. The van der Waals surface area contributed by atoms with Crippen LogP contribution in [0.15, 0.2) is 54.6 Å². The van der Waals surface area contributed by atoms with Crippen LogP contribution in [0.4, 0.5) is 4.39 Å². The number of carbonyl (C=O) groups is 1. The molecule has 0 aliphatic carbocycles. The number of hydrogen-bond acceptors (Lipinski definition) is 5. The number of aryl methyl sites for hydroxylation is 4. The van der Waals surface area contributed by atoms with Gasteiger partial charge in [0, 0.05) is 42.1 Å². The Morgan fingerprint density at radius 2 is 1.63 bits per heavy atom. The zero-order valence-corrected chi connectivity index (χ0v) is 27.8. The van der Waals surface area contributed by atoms with E-state index in [-0.39, 0.29) is 12.2 Å². The summed E-state index contributed by atoms with van der Waals surface area (Å²) in [6.07, 6.45) is 2.68. The Labute approximate surface area is 271 Å². The number of nitrogens with zero attached hydrogens (tertiary/aromatic N) is 2. The predicted molar refractivity (Wildman–Crippen MR) is 181 cm³/mol. The van der Waals surface area contributed by atoms with E-state index in [2.05, 4.69) is 29.2 Å². The number of halogens is 1.